The Kier molecular flexibility index (Phi) is 4.37. The molecule has 2 aliphatic rings. The second kappa shape index (κ2) is 6.83. The molecular weight excluding hydrogens is 330 g/mol. The minimum absolute atomic E-state index is 0.0279. The number of carboxylic acid groups (broad SMARTS) is 1. The van der Waals surface area contributed by atoms with Crippen LogP contribution < -0.4 is 5.32 Å². The van der Waals surface area contributed by atoms with E-state index in [1.807, 2.05) is 24.3 Å². The molecule has 2 aliphatic carbocycles. The SMILES string of the molecule is O=C(N[C@@H](CC1CC1)C(=O)O)OCC1c2ccccc2-c2ccccc21. The number of amides is 1. The Hall–Kier alpha value is -2.82. The van der Waals surface area contributed by atoms with Gasteiger partial charge in [-0.1, -0.05) is 61.4 Å². The second-order valence-corrected chi connectivity index (χ2v) is 7.04. The van der Waals surface area contributed by atoms with Gasteiger partial charge in [-0.05, 0) is 34.6 Å². The Morgan fingerprint density at radius 3 is 2.15 bits per heavy atom. The van der Waals surface area contributed by atoms with Gasteiger partial charge < -0.3 is 15.2 Å². The second-order valence-electron chi connectivity index (χ2n) is 7.04. The van der Waals surface area contributed by atoms with Crippen LogP contribution >= 0.6 is 0 Å². The summed E-state index contributed by atoms with van der Waals surface area (Å²) >= 11 is 0. The number of alkyl carbamates (subject to hydrolysis) is 1. The van der Waals surface area contributed by atoms with Crippen molar-refractivity contribution in [1.29, 1.82) is 0 Å². The fourth-order valence-electron chi connectivity index (χ4n) is 3.69. The van der Waals surface area contributed by atoms with Crippen LogP contribution in [0.4, 0.5) is 4.79 Å². The van der Waals surface area contributed by atoms with Gasteiger partial charge in [0.2, 0.25) is 0 Å². The Balaban J connectivity index is 1.44. The van der Waals surface area contributed by atoms with Gasteiger partial charge in [0.05, 0.1) is 0 Å². The maximum Gasteiger partial charge on any atom is 0.407 e. The summed E-state index contributed by atoms with van der Waals surface area (Å²) in [6.45, 7) is 0.190. The van der Waals surface area contributed by atoms with Gasteiger partial charge >= 0.3 is 12.1 Å². The van der Waals surface area contributed by atoms with Crippen molar-refractivity contribution in [3.8, 4) is 11.1 Å². The van der Waals surface area contributed by atoms with Crippen LogP contribution in [-0.4, -0.2) is 29.8 Å². The highest BCUT2D eigenvalue weighted by atomic mass is 16.5. The third-order valence-corrected chi connectivity index (χ3v) is 5.20. The number of rotatable bonds is 6. The molecule has 4 rings (SSSR count). The highest BCUT2D eigenvalue weighted by Crippen LogP contribution is 2.44. The lowest BCUT2D eigenvalue weighted by Gasteiger charge is -2.17. The molecule has 1 saturated carbocycles. The van der Waals surface area contributed by atoms with Gasteiger partial charge in [-0.2, -0.15) is 0 Å². The first kappa shape index (κ1) is 16.6. The van der Waals surface area contributed by atoms with Crippen molar-refractivity contribution in [3.63, 3.8) is 0 Å². The van der Waals surface area contributed by atoms with Crippen molar-refractivity contribution in [2.24, 2.45) is 5.92 Å². The lowest BCUT2D eigenvalue weighted by atomic mass is 9.98. The van der Waals surface area contributed by atoms with Gasteiger partial charge in [-0.25, -0.2) is 9.59 Å². The smallest absolute Gasteiger partial charge is 0.407 e. The summed E-state index contributed by atoms with van der Waals surface area (Å²) in [4.78, 5) is 23.5. The quantitative estimate of drug-likeness (QED) is 0.830. The first-order valence-electron chi connectivity index (χ1n) is 8.98. The molecule has 26 heavy (non-hydrogen) atoms. The average Bonchev–Trinajstić information content (AvgIpc) is 3.40. The van der Waals surface area contributed by atoms with E-state index in [0.29, 0.717) is 12.3 Å². The predicted octanol–water partition coefficient (Wildman–Crippen LogP) is 3.78. The van der Waals surface area contributed by atoms with Crippen molar-refractivity contribution in [2.75, 3.05) is 6.61 Å². The van der Waals surface area contributed by atoms with E-state index >= 15 is 0 Å². The first-order chi connectivity index (χ1) is 12.6. The molecule has 0 saturated heterocycles. The predicted molar refractivity (Wildman–Crippen MR) is 97.0 cm³/mol. The lowest BCUT2D eigenvalue weighted by molar-refractivity contribution is -0.139. The topological polar surface area (TPSA) is 75.6 Å². The summed E-state index contributed by atoms with van der Waals surface area (Å²) < 4.78 is 5.41. The number of benzene rings is 2. The maximum atomic E-state index is 12.1. The Bertz CT molecular complexity index is 798. The molecule has 2 aromatic carbocycles. The van der Waals surface area contributed by atoms with Crippen LogP contribution in [0.3, 0.4) is 0 Å². The van der Waals surface area contributed by atoms with Gasteiger partial charge in [-0.15, -0.1) is 0 Å². The number of carboxylic acids is 1. The van der Waals surface area contributed by atoms with Crippen molar-refractivity contribution >= 4 is 12.1 Å². The van der Waals surface area contributed by atoms with Crippen LogP contribution in [0.1, 0.15) is 36.3 Å². The Morgan fingerprint density at radius 1 is 1.04 bits per heavy atom. The number of ether oxygens (including phenoxy) is 1. The summed E-state index contributed by atoms with van der Waals surface area (Å²) in [5, 5.41) is 11.8. The minimum Gasteiger partial charge on any atom is -0.480 e. The van der Waals surface area contributed by atoms with Gasteiger partial charge in [0.15, 0.2) is 0 Å². The summed E-state index contributed by atoms with van der Waals surface area (Å²) in [5.74, 6) is -0.629. The molecule has 1 atom stereocenters. The zero-order valence-electron chi connectivity index (χ0n) is 14.4. The van der Waals surface area contributed by atoms with Crippen molar-refractivity contribution < 1.29 is 19.4 Å². The molecule has 134 valence electrons. The van der Waals surface area contributed by atoms with Gasteiger partial charge in [0, 0.05) is 5.92 Å². The number of fused-ring (bicyclic) bond motifs is 3. The number of carbonyl (C=O) groups is 2. The first-order valence-corrected chi connectivity index (χ1v) is 8.98. The van der Waals surface area contributed by atoms with E-state index in [1.54, 1.807) is 0 Å². The van der Waals surface area contributed by atoms with Crippen LogP contribution in [0.2, 0.25) is 0 Å². The van der Waals surface area contributed by atoms with Crippen molar-refractivity contribution in [2.45, 2.75) is 31.2 Å². The number of carbonyl (C=O) groups excluding carboxylic acids is 1. The molecule has 0 spiro atoms. The molecule has 2 aromatic rings. The van der Waals surface area contributed by atoms with Crippen molar-refractivity contribution in [3.05, 3.63) is 59.7 Å². The van der Waals surface area contributed by atoms with E-state index in [9.17, 15) is 14.7 Å². The fourth-order valence-corrected chi connectivity index (χ4v) is 3.69. The summed E-state index contributed by atoms with van der Waals surface area (Å²) in [5.41, 5.74) is 4.59. The van der Waals surface area contributed by atoms with Crippen LogP contribution in [0.5, 0.6) is 0 Å². The molecule has 0 aromatic heterocycles. The minimum atomic E-state index is -1.01. The monoisotopic (exact) mass is 351 g/mol. The molecule has 0 bridgehead atoms. The van der Waals surface area contributed by atoms with Gasteiger partial charge in [0.25, 0.3) is 0 Å². The highest BCUT2D eigenvalue weighted by Gasteiger charge is 2.32. The molecule has 0 heterocycles. The van der Waals surface area contributed by atoms with E-state index in [4.69, 9.17) is 4.74 Å². The van der Waals surface area contributed by atoms with E-state index in [0.717, 1.165) is 35.1 Å². The number of aliphatic carboxylic acids is 1. The van der Waals surface area contributed by atoms with E-state index in [2.05, 4.69) is 29.6 Å². The lowest BCUT2D eigenvalue weighted by Crippen LogP contribution is -2.41. The van der Waals surface area contributed by atoms with Crippen LogP contribution in [0.25, 0.3) is 11.1 Å². The standard InChI is InChI=1S/C21H21NO4/c23-20(24)19(11-13-9-10-13)22-21(25)26-12-18-16-7-3-1-5-14(16)15-6-2-4-8-17(15)18/h1-8,13,18-19H,9-12H2,(H,22,25)(H,23,24)/t19-/m0/s1. The summed E-state index contributed by atoms with van der Waals surface area (Å²) in [6.07, 6.45) is 1.88. The van der Waals surface area contributed by atoms with Gasteiger partial charge in [0.1, 0.15) is 12.6 Å². The van der Waals surface area contributed by atoms with E-state index in [-0.39, 0.29) is 12.5 Å². The maximum absolute atomic E-state index is 12.1. The third kappa shape index (κ3) is 3.29. The third-order valence-electron chi connectivity index (χ3n) is 5.20. The van der Waals surface area contributed by atoms with Crippen LogP contribution in [-0.2, 0) is 9.53 Å². The highest BCUT2D eigenvalue weighted by molar-refractivity contribution is 5.81. The zero-order valence-corrected chi connectivity index (χ0v) is 14.4. The van der Waals surface area contributed by atoms with E-state index < -0.39 is 18.1 Å². The molecular formula is C21H21NO4. The molecule has 5 nitrogen and oxygen atoms in total. The molecule has 0 radical (unpaired) electrons. The molecule has 5 heteroatoms. The normalized spacial score (nSPS) is 16.5. The summed E-state index contributed by atoms with van der Waals surface area (Å²) in [6, 6.07) is 15.3. The molecule has 1 fully saturated rings. The van der Waals surface area contributed by atoms with Crippen molar-refractivity contribution in [1.82, 2.24) is 5.32 Å². The fraction of sp³-hybridized carbons (Fsp3) is 0.333. The Labute approximate surface area is 152 Å². The number of hydrogen-bond acceptors (Lipinski definition) is 3. The summed E-state index contributed by atoms with van der Waals surface area (Å²) in [7, 11) is 0. The number of hydrogen-bond donors (Lipinski definition) is 2. The largest absolute Gasteiger partial charge is 0.480 e. The Morgan fingerprint density at radius 2 is 1.62 bits per heavy atom. The van der Waals surface area contributed by atoms with Crippen LogP contribution in [0.15, 0.2) is 48.5 Å². The van der Waals surface area contributed by atoms with Gasteiger partial charge in [-0.3, -0.25) is 0 Å². The zero-order chi connectivity index (χ0) is 18.1. The number of nitrogens with one attached hydrogen (secondary N) is 1. The molecule has 1 amide bonds. The van der Waals surface area contributed by atoms with Crippen LogP contribution in [0, 0.1) is 5.92 Å². The van der Waals surface area contributed by atoms with E-state index in [1.165, 1.54) is 0 Å². The average molecular weight is 351 g/mol. The molecule has 2 N–H and O–H groups in total. The molecule has 0 unspecified atom stereocenters. The molecule has 0 aliphatic heterocycles.